The Kier molecular flexibility index (Phi) is 1.52. The lowest BCUT2D eigenvalue weighted by atomic mass is 9.82. The van der Waals surface area contributed by atoms with E-state index in [9.17, 15) is 0 Å². The van der Waals surface area contributed by atoms with E-state index in [1.54, 1.807) is 19.3 Å². The van der Waals surface area contributed by atoms with Crippen molar-refractivity contribution in [2.24, 2.45) is 23.7 Å². The third-order valence-electron chi connectivity index (χ3n) is 4.09. The van der Waals surface area contributed by atoms with Gasteiger partial charge < -0.3 is 0 Å². The van der Waals surface area contributed by atoms with Crippen molar-refractivity contribution in [2.45, 2.75) is 19.3 Å². The zero-order valence-corrected chi connectivity index (χ0v) is 8.83. The first-order valence-corrected chi connectivity index (χ1v) is 5.72. The molecule has 62 valence electrons. The fourth-order valence-electron chi connectivity index (χ4n) is 3.63. The van der Waals surface area contributed by atoms with Crippen LogP contribution in [0.25, 0.3) is 0 Å². The lowest BCUT2D eigenvalue weighted by molar-refractivity contribution is 0.281. The van der Waals surface area contributed by atoms with Crippen molar-refractivity contribution in [2.75, 3.05) is 13.1 Å². The summed E-state index contributed by atoms with van der Waals surface area (Å²) in [5.74, 6) is 4.46. The quantitative estimate of drug-likeness (QED) is 0.479. The van der Waals surface area contributed by atoms with Crippen molar-refractivity contribution in [3.05, 3.63) is 0 Å². The molecule has 0 amide bonds. The Morgan fingerprint density at radius 2 is 1.55 bits per heavy atom. The monoisotopic (exact) mass is 263 g/mol. The standard InChI is InChI=1S/C9H14IN/c10-11-4-8-6-1-2-7(3-6)9(8)5-11/h6-9H,1-5H2/t6-,7+,8+,9-. The predicted molar refractivity (Wildman–Crippen MR) is 53.4 cm³/mol. The maximum absolute atomic E-state index is 2.51. The first kappa shape index (κ1) is 7.13. The SMILES string of the molecule is IN1C[C@@H]2[C@H]3CC[C@H](C3)[C@@H]2C1. The topological polar surface area (TPSA) is 3.24 Å². The van der Waals surface area contributed by atoms with Gasteiger partial charge in [-0.05, 0) is 42.9 Å². The molecule has 11 heavy (non-hydrogen) atoms. The Morgan fingerprint density at radius 3 is 2.09 bits per heavy atom. The van der Waals surface area contributed by atoms with E-state index < -0.39 is 0 Å². The van der Waals surface area contributed by atoms with Crippen LogP contribution >= 0.6 is 22.9 Å². The average Bonchev–Trinajstić information content (AvgIpc) is 2.53. The minimum atomic E-state index is 1.10. The van der Waals surface area contributed by atoms with E-state index in [2.05, 4.69) is 26.0 Å². The van der Waals surface area contributed by atoms with Gasteiger partial charge in [-0.25, -0.2) is 3.11 Å². The fraction of sp³-hybridized carbons (Fsp3) is 1.00. The van der Waals surface area contributed by atoms with Gasteiger partial charge in [-0.2, -0.15) is 0 Å². The number of fused-ring (bicyclic) bond motifs is 5. The van der Waals surface area contributed by atoms with E-state index in [1.165, 1.54) is 13.1 Å². The van der Waals surface area contributed by atoms with Gasteiger partial charge >= 0.3 is 0 Å². The molecule has 1 heterocycles. The van der Waals surface area contributed by atoms with Gasteiger partial charge in [-0.15, -0.1) is 0 Å². The lowest BCUT2D eigenvalue weighted by Gasteiger charge is -2.22. The molecule has 2 saturated carbocycles. The van der Waals surface area contributed by atoms with Crippen molar-refractivity contribution < 1.29 is 0 Å². The third-order valence-corrected chi connectivity index (χ3v) is 4.88. The van der Waals surface area contributed by atoms with Crippen LogP contribution in [0, 0.1) is 23.7 Å². The zero-order valence-electron chi connectivity index (χ0n) is 6.67. The maximum Gasteiger partial charge on any atom is 0.0201 e. The minimum absolute atomic E-state index is 1.10. The Hall–Kier alpha value is 0.690. The van der Waals surface area contributed by atoms with Crippen LogP contribution < -0.4 is 0 Å². The van der Waals surface area contributed by atoms with Crippen molar-refractivity contribution in [3.63, 3.8) is 0 Å². The first-order valence-electron chi connectivity index (χ1n) is 4.75. The van der Waals surface area contributed by atoms with Gasteiger partial charge in [0.1, 0.15) is 0 Å². The summed E-state index contributed by atoms with van der Waals surface area (Å²) in [4.78, 5) is 0. The van der Waals surface area contributed by atoms with Crippen molar-refractivity contribution in [1.29, 1.82) is 0 Å². The Balaban J connectivity index is 1.87. The highest BCUT2D eigenvalue weighted by Gasteiger charge is 2.50. The van der Waals surface area contributed by atoms with Crippen LogP contribution in [0.15, 0.2) is 0 Å². The molecule has 0 unspecified atom stereocenters. The highest BCUT2D eigenvalue weighted by atomic mass is 127. The van der Waals surface area contributed by atoms with Crippen LogP contribution in [0.2, 0.25) is 0 Å². The van der Waals surface area contributed by atoms with Crippen LogP contribution in [0.4, 0.5) is 0 Å². The van der Waals surface area contributed by atoms with Crippen molar-refractivity contribution in [3.8, 4) is 0 Å². The number of hydrogen-bond acceptors (Lipinski definition) is 1. The molecule has 0 N–H and O–H groups in total. The molecule has 2 bridgehead atoms. The lowest BCUT2D eigenvalue weighted by Crippen LogP contribution is -2.19. The largest absolute Gasteiger partial charge is 0.247 e. The normalized spacial score (nSPS) is 55.4. The summed E-state index contributed by atoms with van der Waals surface area (Å²) in [6, 6.07) is 0. The van der Waals surface area contributed by atoms with Crippen LogP contribution in [0.5, 0.6) is 0 Å². The Bertz CT molecular complexity index is 164. The molecule has 3 aliphatic rings. The van der Waals surface area contributed by atoms with Gasteiger partial charge in [0.05, 0.1) is 0 Å². The second-order valence-corrected chi connectivity index (χ2v) is 5.85. The first-order chi connectivity index (χ1) is 5.34. The van der Waals surface area contributed by atoms with Crippen LogP contribution in [-0.2, 0) is 0 Å². The van der Waals surface area contributed by atoms with Gasteiger partial charge in [0, 0.05) is 36.0 Å². The predicted octanol–water partition coefficient (Wildman–Crippen LogP) is 2.31. The van der Waals surface area contributed by atoms with Crippen LogP contribution in [-0.4, -0.2) is 16.2 Å². The fourth-order valence-corrected chi connectivity index (χ4v) is 4.54. The summed E-state index contributed by atoms with van der Waals surface area (Å²) in [7, 11) is 0. The maximum atomic E-state index is 2.51. The average molecular weight is 263 g/mol. The highest BCUT2D eigenvalue weighted by Crippen LogP contribution is 2.55. The molecule has 1 saturated heterocycles. The number of nitrogens with zero attached hydrogens (tertiary/aromatic N) is 1. The summed E-state index contributed by atoms with van der Waals surface area (Å²) in [6.45, 7) is 2.79. The molecule has 1 nitrogen and oxygen atoms in total. The molecule has 0 aromatic carbocycles. The number of hydrogen-bond donors (Lipinski definition) is 0. The summed E-state index contributed by atoms with van der Waals surface area (Å²) in [5.41, 5.74) is 0. The van der Waals surface area contributed by atoms with Gasteiger partial charge in [0.15, 0.2) is 0 Å². The van der Waals surface area contributed by atoms with Gasteiger partial charge in [0.25, 0.3) is 0 Å². The molecule has 4 atom stereocenters. The Morgan fingerprint density at radius 1 is 1.00 bits per heavy atom. The molecular formula is C9H14IN. The third kappa shape index (κ3) is 0.916. The summed E-state index contributed by atoms with van der Waals surface area (Å²) < 4.78 is 2.51. The summed E-state index contributed by atoms with van der Waals surface area (Å²) >= 11 is 2.50. The summed E-state index contributed by atoms with van der Waals surface area (Å²) in [5, 5.41) is 0. The second-order valence-electron chi connectivity index (χ2n) is 4.49. The van der Waals surface area contributed by atoms with E-state index in [-0.39, 0.29) is 0 Å². The number of halogens is 1. The molecular weight excluding hydrogens is 249 g/mol. The van der Waals surface area contributed by atoms with Crippen molar-refractivity contribution in [1.82, 2.24) is 3.11 Å². The molecule has 0 aromatic rings. The minimum Gasteiger partial charge on any atom is -0.247 e. The molecule has 0 spiro atoms. The molecule has 0 aromatic heterocycles. The second kappa shape index (κ2) is 2.34. The molecule has 1 aliphatic heterocycles. The van der Waals surface area contributed by atoms with Crippen LogP contribution in [0.1, 0.15) is 19.3 Å². The van der Waals surface area contributed by atoms with E-state index in [0.717, 1.165) is 23.7 Å². The van der Waals surface area contributed by atoms with E-state index in [1.807, 2.05) is 0 Å². The van der Waals surface area contributed by atoms with E-state index in [4.69, 9.17) is 0 Å². The van der Waals surface area contributed by atoms with E-state index in [0.29, 0.717) is 0 Å². The van der Waals surface area contributed by atoms with Crippen LogP contribution in [0.3, 0.4) is 0 Å². The molecule has 2 aliphatic carbocycles. The van der Waals surface area contributed by atoms with Crippen molar-refractivity contribution >= 4 is 22.9 Å². The highest BCUT2D eigenvalue weighted by molar-refractivity contribution is 14.1. The van der Waals surface area contributed by atoms with Gasteiger partial charge in [-0.3, -0.25) is 0 Å². The molecule has 3 fully saturated rings. The Labute approximate surface area is 82.0 Å². The van der Waals surface area contributed by atoms with E-state index >= 15 is 0 Å². The van der Waals surface area contributed by atoms with Gasteiger partial charge in [-0.1, -0.05) is 0 Å². The van der Waals surface area contributed by atoms with Gasteiger partial charge in [0.2, 0.25) is 0 Å². The summed E-state index contributed by atoms with van der Waals surface area (Å²) in [6.07, 6.45) is 4.69. The smallest absolute Gasteiger partial charge is 0.0201 e. The zero-order chi connectivity index (χ0) is 7.42. The molecule has 3 rings (SSSR count). The molecule has 0 radical (unpaired) electrons. The molecule has 2 heteroatoms. The number of rotatable bonds is 0.